The monoisotopic (exact) mass is 587 g/mol. The number of thiazole rings is 1. The first kappa shape index (κ1) is 28.2. The number of nitrogens with zero attached hydrogens (tertiary/aromatic N) is 2. The summed E-state index contributed by atoms with van der Waals surface area (Å²) in [5, 5.41) is 12.7. The van der Waals surface area contributed by atoms with Crippen molar-refractivity contribution in [1.82, 2.24) is 4.57 Å². The van der Waals surface area contributed by atoms with Gasteiger partial charge in [0, 0.05) is 23.4 Å². The number of nitriles is 1. The summed E-state index contributed by atoms with van der Waals surface area (Å²) in [7, 11) is 1.48. The van der Waals surface area contributed by atoms with Crippen molar-refractivity contribution in [3.05, 3.63) is 122 Å². The summed E-state index contributed by atoms with van der Waals surface area (Å²) >= 11 is 0.907. The van der Waals surface area contributed by atoms with E-state index in [1.54, 1.807) is 54.6 Å². The number of carbonyl (C=O) groups excluding carboxylic acids is 1. The van der Waals surface area contributed by atoms with Gasteiger partial charge in [-0.05, 0) is 48.5 Å². The number of ether oxygens (including phenoxy) is 1. The number of aromatic nitrogens is 1. The molecule has 42 heavy (non-hydrogen) atoms. The molecule has 0 atom stereocenters. The van der Waals surface area contributed by atoms with Crippen molar-refractivity contribution in [2.45, 2.75) is 6.18 Å². The number of halogens is 3. The predicted molar refractivity (Wildman–Crippen MR) is 153 cm³/mol. The Kier molecular flexibility index (Phi) is 7.82. The summed E-state index contributed by atoms with van der Waals surface area (Å²) in [4.78, 5) is 26.9. The normalized spacial score (nSPS) is 12.5. The summed E-state index contributed by atoms with van der Waals surface area (Å²) < 4.78 is 52.0. The number of anilines is 1. The Morgan fingerprint density at radius 1 is 1.02 bits per heavy atom. The van der Waals surface area contributed by atoms with E-state index in [9.17, 15) is 28.0 Å². The van der Waals surface area contributed by atoms with Crippen LogP contribution in [0.25, 0.3) is 28.7 Å². The number of para-hydroxylation sites is 1. The third kappa shape index (κ3) is 5.89. The van der Waals surface area contributed by atoms with Crippen LogP contribution in [0.5, 0.6) is 5.75 Å². The first-order chi connectivity index (χ1) is 20.2. The zero-order valence-electron chi connectivity index (χ0n) is 21.8. The highest BCUT2D eigenvalue weighted by atomic mass is 32.1. The van der Waals surface area contributed by atoms with Gasteiger partial charge in [-0.2, -0.15) is 18.4 Å². The maximum atomic E-state index is 13.6. The maximum absolute atomic E-state index is 13.6. The highest BCUT2D eigenvalue weighted by molar-refractivity contribution is 7.07. The van der Waals surface area contributed by atoms with Crippen LogP contribution in [0.1, 0.15) is 11.3 Å². The molecule has 0 fully saturated rings. The maximum Gasteiger partial charge on any atom is 0.416 e. The third-order valence-corrected chi connectivity index (χ3v) is 7.19. The number of hydrogen-bond acceptors (Lipinski definition) is 6. The van der Waals surface area contributed by atoms with Gasteiger partial charge in [0.25, 0.3) is 11.5 Å². The molecule has 0 saturated carbocycles. The quantitative estimate of drug-likeness (QED) is 0.290. The minimum absolute atomic E-state index is 0.0880. The number of nitrogens with one attached hydrogen (secondary N) is 1. The number of rotatable bonds is 6. The average molecular weight is 588 g/mol. The Labute approximate surface area is 240 Å². The SMILES string of the molecule is COc1cccc(NC(=O)/C(C#N)=c2\s/c(=C/c3ccc(-c4cccc(C(F)(F)F)c4)o3)c(=O)n2-c2ccccc2)c1. The van der Waals surface area contributed by atoms with E-state index < -0.39 is 23.2 Å². The lowest BCUT2D eigenvalue weighted by Gasteiger charge is -2.07. The number of furan rings is 1. The molecule has 210 valence electrons. The highest BCUT2D eigenvalue weighted by Crippen LogP contribution is 2.32. The summed E-state index contributed by atoms with van der Waals surface area (Å²) in [5.41, 5.74) is -0.594. The van der Waals surface area contributed by atoms with Gasteiger partial charge in [-0.1, -0.05) is 36.4 Å². The molecule has 1 N–H and O–H groups in total. The molecule has 1 amide bonds. The van der Waals surface area contributed by atoms with E-state index in [0.29, 0.717) is 17.1 Å². The van der Waals surface area contributed by atoms with E-state index >= 15 is 0 Å². The van der Waals surface area contributed by atoms with Crippen molar-refractivity contribution in [2.24, 2.45) is 0 Å². The first-order valence-electron chi connectivity index (χ1n) is 12.3. The van der Waals surface area contributed by atoms with Gasteiger partial charge in [0.05, 0.1) is 22.9 Å². The second kappa shape index (κ2) is 11.6. The second-order valence-corrected chi connectivity index (χ2v) is 9.88. The van der Waals surface area contributed by atoms with Gasteiger partial charge in [-0.3, -0.25) is 14.2 Å². The van der Waals surface area contributed by atoms with Crippen LogP contribution in [0.15, 0.2) is 100 Å². The van der Waals surface area contributed by atoms with Crippen LogP contribution in [-0.4, -0.2) is 17.6 Å². The molecule has 3 aromatic carbocycles. The molecule has 11 heteroatoms. The van der Waals surface area contributed by atoms with Gasteiger partial charge in [-0.25, -0.2) is 0 Å². The fourth-order valence-corrected chi connectivity index (χ4v) is 5.20. The molecule has 0 radical (unpaired) electrons. The van der Waals surface area contributed by atoms with Crippen molar-refractivity contribution in [1.29, 1.82) is 5.26 Å². The van der Waals surface area contributed by atoms with Crippen molar-refractivity contribution in [3.63, 3.8) is 0 Å². The molecule has 0 saturated heterocycles. The molecule has 7 nitrogen and oxygen atoms in total. The second-order valence-electron chi connectivity index (χ2n) is 8.85. The molecule has 0 bridgehead atoms. The molecule has 0 spiro atoms. The van der Waals surface area contributed by atoms with Gasteiger partial charge in [0.2, 0.25) is 0 Å². The molecule has 0 aliphatic carbocycles. The van der Waals surface area contributed by atoms with Gasteiger partial charge in [-0.15, -0.1) is 11.3 Å². The largest absolute Gasteiger partial charge is 0.497 e. The lowest BCUT2D eigenvalue weighted by molar-refractivity contribution is -0.137. The molecule has 0 aliphatic heterocycles. The number of benzene rings is 3. The van der Waals surface area contributed by atoms with Crippen molar-refractivity contribution in [2.75, 3.05) is 12.4 Å². The summed E-state index contributed by atoms with van der Waals surface area (Å²) in [5.74, 6) is 0.151. The third-order valence-electron chi connectivity index (χ3n) is 6.09. The zero-order chi connectivity index (χ0) is 29.9. The number of alkyl halides is 3. The summed E-state index contributed by atoms with van der Waals surface area (Å²) in [6.45, 7) is 0. The fourth-order valence-electron chi connectivity index (χ4n) is 4.12. The summed E-state index contributed by atoms with van der Waals surface area (Å²) in [6.07, 6.45) is -3.09. The number of methoxy groups -OCH3 is 1. The lowest BCUT2D eigenvalue weighted by Crippen LogP contribution is -2.32. The van der Waals surface area contributed by atoms with Gasteiger partial charge in [0.15, 0.2) is 5.57 Å². The van der Waals surface area contributed by atoms with Crippen LogP contribution in [0.3, 0.4) is 0 Å². The Balaban J connectivity index is 1.62. The first-order valence-corrected chi connectivity index (χ1v) is 13.2. The fraction of sp³-hybridized carbons (Fsp3) is 0.0645. The minimum atomic E-state index is -4.51. The van der Waals surface area contributed by atoms with Crippen LogP contribution in [-0.2, 0) is 11.0 Å². The standard InChI is InChI=1S/C31H20F3N3O4S/c1-40-23-12-6-9-21(16-23)36-28(38)25(18-35)30-37(22-10-3-2-4-11-22)29(39)27(42-30)17-24-13-14-26(41-24)19-7-5-8-20(15-19)31(32,33)34/h2-17H,1H3,(H,36,38)/b27-17+,30-25-. The van der Waals surface area contributed by atoms with E-state index in [1.807, 2.05) is 6.07 Å². The summed E-state index contributed by atoms with van der Waals surface area (Å²) in [6, 6.07) is 24.7. The Morgan fingerprint density at radius 3 is 2.50 bits per heavy atom. The Morgan fingerprint density at radius 2 is 1.79 bits per heavy atom. The van der Waals surface area contributed by atoms with E-state index in [-0.39, 0.29) is 31.9 Å². The predicted octanol–water partition coefficient (Wildman–Crippen LogP) is 5.33. The van der Waals surface area contributed by atoms with Crippen LogP contribution < -0.4 is 24.8 Å². The Bertz CT molecular complexity index is 2000. The van der Waals surface area contributed by atoms with Crippen LogP contribution >= 0.6 is 11.3 Å². The highest BCUT2D eigenvalue weighted by Gasteiger charge is 2.30. The van der Waals surface area contributed by atoms with E-state index in [2.05, 4.69) is 5.32 Å². The molecule has 2 heterocycles. The molecule has 0 aliphatic rings. The van der Waals surface area contributed by atoms with Gasteiger partial charge in [0.1, 0.15) is 28.0 Å². The number of carbonyl (C=O) groups is 1. The smallest absolute Gasteiger partial charge is 0.416 e. The van der Waals surface area contributed by atoms with Crippen LogP contribution in [0.2, 0.25) is 0 Å². The van der Waals surface area contributed by atoms with Crippen molar-refractivity contribution >= 4 is 34.6 Å². The van der Waals surface area contributed by atoms with Crippen LogP contribution in [0.4, 0.5) is 18.9 Å². The topological polar surface area (TPSA) is 97.3 Å². The number of hydrogen-bond donors (Lipinski definition) is 1. The van der Waals surface area contributed by atoms with E-state index in [1.165, 1.54) is 42.0 Å². The van der Waals surface area contributed by atoms with Gasteiger partial charge < -0.3 is 14.5 Å². The molecular formula is C31H20F3N3O4S. The lowest BCUT2D eigenvalue weighted by atomic mass is 10.1. The molecule has 2 aromatic heterocycles. The van der Waals surface area contributed by atoms with Crippen molar-refractivity contribution < 1.29 is 27.1 Å². The number of amides is 1. The van der Waals surface area contributed by atoms with Crippen LogP contribution in [0, 0.1) is 11.3 Å². The minimum Gasteiger partial charge on any atom is -0.497 e. The molecule has 5 rings (SSSR count). The van der Waals surface area contributed by atoms with E-state index in [4.69, 9.17) is 9.15 Å². The zero-order valence-corrected chi connectivity index (χ0v) is 22.6. The Hall–Kier alpha value is -5.34. The average Bonchev–Trinajstić information content (AvgIpc) is 3.58. The molecular weight excluding hydrogens is 567 g/mol. The molecule has 5 aromatic rings. The van der Waals surface area contributed by atoms with Crippen molar-refractivity contribution in [3.8, 4) is 28.8 Å². The van der Waals surface area contributed by atoms with E-state index in [0.717, 1.165) is 23.5 Å². The van der Waals surface area contributed by atoms with Gasteiger partial charge >= 0.3 is 6.18 Å². The molecule has 0 unspecified atom stereocenters.